The summed E-state index contributed by atoms with van der Waals surface area (Å²) < 4.78 is 14.3. The molecule has 120 valence electrons. The van der Waals surface area contributed by atoms with Crippen molar-refractivity contribution in [2.75, 3.05) is 25.5 Å². The van der Waals surface area contributed by atoms with E-state index < -0.39 is 23.9 Å². The molecule has 0 spiro atoms. The maximum atomic E-state index is 14.3. The number of anilines is 1. The summed E-state index contributed by atoms with van der Waals surface area (Å²) in [4.78, 5) is 26.0. The molecule has 7 heteroatoms. The third kappa shape index (κ3) is 3.19. The molecule has 1 saturated heterocycles. The zero-order valence-electron chi connectivity index (χ0n) is 12.8. The molecule has 22 heavy (non-hydrogen) atoms. The molecule has 0 radical (unpaired) electrons. The van der Waals surface area contributed by atoms with E-state index in [1.807, 2.05) is 25.9 Å². The number of carbonyl (C=O) groups excluding carboxylic acids is 1. The number of hydrogen-bond acceptors (Lipinski definition) is 3. The van der Waals surface area contributed by atoms with Crippen LogP contribution < -0.4 is 10.2 Å². The van der Waals surface area contributed by atoms with Crippen molar-refractivity contribution in [2.24, 2.45) is 0 Å². The SMILES string of the molecule is C[C@@H](c1ccc(N2CC[C@H](NC(=O)O)C2=O)c(F)c1)N(C)C. The van der Waals surface area contributed by atoms with E-state index in [2.05, 4.69) is 5.32 Å². The predicted octanol–water partition coefficient (Wildman–Crippen LogP) is 1.82. The average Bonchev–Trinajstić information content (AvgIpc) is 2.78. The summed E-state index contributed by atoms with van der Waals surface area (Å²) in [6.07, 6.45) is -0.920. The van der Waals surface area contributed by atoms with Crippen LogP contribution in [0.25, 0.3) is 0 Å². The minimum Gasteiger partial charge on any atom is -0.465 e. The monoisotopic (exact) mass is 309 g/mol. The quantitative estimate of drug-likeness (QED) is 0.890. The maximum Gasteiger partial charge on any atom is 0.405 e. The molecule has 1 aromatic rings. The van der Waals surface area contributed by atoms with Crippen molar-refractivity contribution in [3.8, 4) is 0 Å². The van der Waals surface area contributed by atoms with Gasteiger partial charge in [0.05, 0.1) is 5.69 Å². The number of nitrogens with one attached hydrogen (secondary N) is 1. The number of amides is 2. The summed E-state index contributed by atoms with van der Waals surface area (Å²) in [7, 11) is 3.81. The van der Waals surface area contributed by atoms with Gasteiger partial charge in [0.1, 0.15) is 11.9 Å². The molecule has 0 unspecified atom stereocenters. The lowest BCUT2D eigenvalue weighted by Crippen LogP contribution is -2.41. The van der Waals surface area contributed by atoms with E-state index in [4.69, 9.17) is 5.11 Å². The van der Waals surface area contributed by atoms with Crippen LogP contribution >= 0.6 is 0 Å². The molecule has 0 aromatic heterocycles. The van der Waals surface area contributed by atoms with Gasteiger partial charge < -0.3 is 20.2 Å². The summed E-state index contributed by atoms with van der Waals surface area (Å²) in [5.41, 5.74) is 1.01. The molecule has 1 aliphatic rings. The van der Waals surface area contributed by atoms with Gasteiger partial charge in [-0.2, -0.15) is 0 Å². The number of nitrogens with zero attached hydrogens (tertiary/aromatic N) is 2. The lowest BCUT2D eigenvalue weighted by Gasteiger charge is -2.22. The van der Waals surface area contributed by atoms with Gasteiger partial charge in [-0.15, -0.1) is 0 Å². The summed E-state index contributed by atoms with van der Waals surface area (Å²) in [5.74, 6) is -0.898. The number of halogens is 1. The van der Waals surface area contributed by atoms with E-state index >= 15 is 0 Å². The van der Waals surface area contributed by atoms with Crippen molar-refractivity contribution in [1.29, 1.82) is 0 Å². The third-order valence-electron chi connectivity index (χ3n) is 4.02. The van der Waals surface area contributed by atoms with Gasteiger partial charge >= 0.3 is 6.09 Å². The fraction of sp³-hybridized carbons (Fsp3) is 0.467. The molecular weight excluding hydrogens is 289 g/mol. The lowest BCUT2D eigenvalue weighted by atomic mass is 10.1. The van der Waals surface area contributed by atoms with Gasteiger partial charge in [-0.25, -0.2) is 9.18 Å². The van der Waals surface area contributed by atoms with Gasteiger partial charge in [0.15, 0.2) is 0 Å². The van der Waals surface area contributed by atoms with Crippen LogP contribution in [0.4, 0.5) is 14.9 Å². The fourth-order valence-electron chi connectivity index (χ4n) is 2.50. The molecule has 2 rings (SSSR count). The third-order valence-corrected chi connectivity index (χ3v) is 4.02. The molecule has 2 amide bonds. The molecule has 1 aliphatic heterocycles. The highest BCUT2D eigenvalue weighted by atomic mass is 19.1. The molecule has 0 aliphatic carbocycles. The van der Waals surface area contributed by atoms with Crippen molar-refractivity contribution < 1.29 is 19.1 Å². The standard InChI is InChI=1S/C15H20FN3O3/c1-9(18(2)3)10-4-5-13(11(16)8-10)19-7-6-12(14(19)20)17-15(21)22/h4-5,8-9,12,17H,6-7H2,1-3H3,(H,21,22)/t9-,12-/m0/s1. The van der Waals surface area contributed by atoms with E-state index in [0.717, 1.165) is 5.56 Å². The Morgan fingerprint density at radius 3 is 2.73 bits per heavy atom. The van der Waals surface area contributed by atoms with E-state index in [1.165, 1.54) is 11.0 Å². The van der Waals surface area contributed by atoms with Crippen LogP contribution in [0.2, 0.25) is 0 Å². The van der Waals surface area contributed by atoms with E-state index in [9.17, 15) is 14.0 Å². The maximum absolute atomic E-state index is 14.3. The van der Waals surface area contributed by atoms with Gasteiger partial charge in [-0.3, -0.25) is 4.79 Å². The molecule has 0 saturated carbocycles. The molecular formula is C15H20FN3O3. The van der Waals surface area contributed by atoms with E-state index in [1.54, 1.807) is 12.1 Å². The molecule has 1 aromatic carbocycles. The summed E-state index contributed by atoms with van der Waals surface area (Å²) in [5, 5.41) is 10.8. The van der Waals surface area contributed by atoms with Gasteiger partial charge in [-0.1, -0.05) is 6.07 Å². The lowest BCUT2D eigenvalue weighted by molar-refractivity contribution is -0.118. The Morgan fingerprint density at radius 2 is 2.18 bits per heavy atom. The molecule has 0 bridgehead atoms. The second-order valence-corrected chi connectivity index (χ2v) is 5.63. The normalized spacial score (nSPS) is 19.6. The second kappa shape index (κ2) is 6.31. The van der Waals surface area contributed by atoms with Gasteiger partial charge in [0.25, 0.3) is 0 Å². The zero-order valence-corrected chi connectivity index (χ0v) is 12.8. The molecule has 6 nitrogen and oxygen atoms in total. The molecule has 1 fully saturated rings. The second-order valence-electron chi connectivity index (χ2n) is 5.63. The fourth-order valence-corrected chi connectivity index (χ4v) is 2.50. The Morgan fingerprint density at radius 1 is 1.50 bits per heavy atom. The first kappa shape index (κ1) is 16.2. The number of carboxylic acid groups (broad SMARTS) is 1. The number of carbonyl (C=O) groups is 2. The largest absolute Gasteiger partial charge is 0.465 e. The Hall–Kier alpha value is -2.15. The highest BCUT2D eigenvalue weighted by Crippen LogP contribution is 2.28. The van der Waals surface area contributed by atoms with Crippen LogP contribution in [-0.2, 0) is 4.79 Å². The van der Waals surface area contributed by atoms with E-state index in [0.29, 0.717) is 13.0 Å². The van der Waals surface area contributed by atoms with Crippen LogP contribution in [0.3, 0.4) is 0 Å². The van der Waals surface area contributed by atoms with Crippen LogP contribution in [0.5, 0.6) is 0 Å². The highest BCUT2D eigenvalue weighted by molar-refractivity contribution is 6.00. The Bertz CT molecular complexity index is 591. The number of hydrogen-bond donors (Lipinski definition) is 2. The predicted molar refractivity (Wildman–Crippen MR) is 80.4 cm³/mol. The number of benzene rings is 1. The highest BCUT2D eigenvalue weighted by Gasteiger charge is 2.34. The first-order chi connectivity index (χ1) is 10.3. The van der Waals surface area contributed by atoms with Crippen LogP contribution in [0, 0.1) is 5.82 Å². The summed E-state index contributed by atoms with van der Waals surface area (Å²) >= 11 is 0. The minimum atomic E-state index is -1.25. The van der Waals surface area contributed by atoms with Crippen LogP contribution in [0.15, 0.2) is 18.2 Å². The van der Waals surface area contributed by atoms with Crippen molar-refractivity contribution in [2.45, 2.75) is 25.4 Å². The van der Waals surface area contributed by atoms with E-state index in [-0.39, 0.29) is 11.7 Å². The van der Waals surface area contributed by atoms with Crippen molar-refractivity contribution in [3.63, 3.8) is 0 Å². The van der Waals surface area contributed by atoms with Gasteiger partial charge in [0.2, 0.25) is 5.91 Å². The zero-order chi connectivity index (χ0) is 16.4. The summed E-state index contributed by atoms with van der Waals surface area (Å²) in [6, 6.07) is 4.03. The molecule has 2 N–H and O–H groups in total. The first-order valence-corrected chi connectivity index (χ1v) is 7.08. The van der Waals surface area contributed by atoms with Crippen molar-refractivity contribution in [3.05, 3.63) is 29.6 Å². The Kier molecular flexibility index (Phi) is 4.65. The van der Waals surface area contributed by atoms with Crippen molar-refractivity contribution >= 4 is 17.7 Å². The Balaban J connectivity index is 2.20. The molecule has 1 heterocycles. The smallest absolute Gasteiger partial charge is 0.405 e. The summed E-state index contributed by atoms with van der Waals surface area (Å²) in [6.45, 7) is 2.26. The Labute approximate surface area is 128 Å². The van der Waals surface area contributed by atoms with Crippen molar-refractivity contribution in [1.82, 2.24) is 10.2 Å². The van der Waals surface area contributed by atoms with Crippen LogP contribution in [-0.4, -0.2) is 48.7 Å². The average molecular weight is 309 g/mol. The number of rotatable bonds is 4. The molecule has 2 atom stereocenters. The van der Waals surface area contributed by atoms with Crippen LogP contribution in [0.1, 0.15) is 24.9 Å². The topological polar surface area (TPSA) is 72.9 Å². The van der Waals surface area contributed by atoms with Gasteiger partial charge in [0, 0.05) is 12.6 Å². The minimum absolute atomic E-state index is 0.0549. The first-order valence-electron chi connectivity index (χ1n) is 7.08. The van der Waals surface area contributed by atoms with Gasteiger partial charge in [-0.05, 0) is 45.1 Å².